The molecule has 0 aromatic heterocycles. The van der Waals surface area contributed by atoms with Gasteiger partial charge < -0.3 is 0 Å². The topological polar surface area (TPSA) is 0 Å². The molecule has 17 unspecified atom stereocenters. The second-order valence-electron chi connectivity index (χ2n) is 23.2. The Hall–Kier alpha value is -1.40. The molecule has 2 heteroatoms. The lowest BCUT2D eigenvalue weighted by atomic mass is 9.46. The number of rotatable bonds is 15. The van der Waals surface area contributed by atoms with Gasteiger partial charge in [0.05, 0.1) is 0 Å². The van der Waals surface area contributed by atoms with Crippen LogP contribution in [0.2, 0.25) is 0 Å². The molecule has 0 heterocycles. The van der Waals surface area contributed by atoms with E-state index in [1.54, 1.807) is 27.8 Å². The van der Waals surface area contributed by atoms with Crippen LogP contribution in [0, 0.1) is 71.0 Å². The van der Waals surface area contributed by atoms with E-state index in [1.807, 2.05) is 0 Å². The summed E-state index contributed by atoms with van der Waals surface area (Å²) in [5.74, 6) is 9.35. The second kappa shape index (κ2) is 19.1. The third-order valence-corrected chi connectivity index (χ3v) is 28.8. The van der Waals surface area contributed by atoms with Crippen molar-refractivity contribution in [1.82, 2.24) is 0 Å². The van der Waals surface area contributed by atoms with Crippen molar-refractivity contribution in [2.75, 3.05) is 6.16 Å². The van der Waals surface area contributed by atoms with Crippen molar-refractivity contribution >= 4 is 15.8 Å². The second-order valence-corrected chi connectivity index (χ2v) is 28.9. The maximum absolute atomic E-state index is 5.31. The summed E-state index contributed by atoms with van der Waals surface area (Å²) in [5, 5.41) is 0.820. The van der Waals surface area contributed by atoms with Gasteiger partial charge in [0.25, 0.3) is 0 Å². The first-order valence-electron chi connectivity index (χ1n) is 26.6. The molecular formula is C60H90P2. The Kier molecular flexibility index (Phi) is 14.5. The number of allylic oxidation sites excluding steroid dienone is 4. The number of benzene rings is 1. The van der Waals surface area contributed by atoms with Crippen LogP contribution in [0.4, 0.5) is 0 Å². The van der Waals surface area contributed by atoms with E-state index in [2.05, 4.69) is 104 Å². The van der Waals surface area contributed by atoms with Crippen LogP contribution in [0.15, 0.2) is 84.3 Å². The molecule has 0 aliphatic heterocycles. The van der Waals surface area contributed by atoms with E-state index in [4.69, 9.17) is 13.2 Å². The fourth-order valence-electron chi connectivity index (χ4n) is 17.5. The normalized spacial score (nSPS) is 42.4. The lowest BCUT2D eigenvalue weighted by Crippen LogP contribution is -2.63. The molecule has 0 saturated heterocycles. The minimum Gasteiger partial charge on any atom is -0.129 e. The van der Waals surface area contributed by atoms with Gasteiger partial charge >= 0.3 is 0 Å². The lowest BCUT2D eigenvalue weighted by Gasteiger charge is -2.70. The smallest absolute Gasteiger partial charge is 0.0189 e. The van der Waals surface area contributed by atoms with Gasteiger partial charge in [-0.3, -0.25) is 0 Å². The van der Waals surface area contributed by atoms with Crippen LogP contribution in [0.3, 0.4) is 0 Å². The number of hydrogen-bond acceptors (Lipinski definition) is 0. The summed E-state index contributed by atoms with van der Waals surface area (Å²) >= 11 is 0. The molecule has 17 atom stereocenters. The van der Waals surface area contributed by atoms with E-state index in [-0.39, 0.29) is 18.2 Å². The van der Waals surface area contributed by atoms with Gasteiger partial charge in [0, 0.05) is 15.5 Å². The van der Waals surface area contributed by atoms with E-state index < -0.39 is 7.92 Å². The first-order chi connectivity index (χ1) is 29.8. The Labute approximate surface area is 385 Å². The van der Waals surface area contributed by atoms with Gasteiger partial charge in [0.15, 0.2) is 0 Å². The summed E-state index contributed by atoms with van der Waals surface area (Å²) in [5.41, 5.74) is 17.1. The van der Waals surface area contributed by atoms with Crippen LogP contribution in [0.5, 0.6) is 0 Å². The highest BCUT2D eigenvalue weighted by molar-refractivity contribution is 7.60. The van der Waals surface area contributed by atoms with E-state index >= 15 is 0 Å². The standard InChI is InChI=1S/C60H90P2/c1-13-44-26-28-59(18-6,52(16-4)32-44)61(29-27-45-30-40(8)53(17-5)49(15-3)31-45)38-50-22-20-21-23-51(50)39-62(58(12)37-46-24-25-48(14-2)55(33-46)43(58)11)60(19-7)56-35-47-34-54(41(56)9)42(10)57(60)36-47/h20-23,40,42,44-48,53-57H,3-4,9,11,13-14,17-19,24-39H2,1-2,5-8,10,12H3. The molecule has 62 heavy (non-hydrogen) atoms. The zero-order chi connectivity index (χ0) is 44.1. The largest absolute Gasteiger partial charge is 0.129 e. The molecule has 8 aliphatic rings. The molecular weight excluding hydrogens is 783 g/mol. The molecule has 1 aromatic carbocycles. The molecule has 0 nitrogen and oxygen atoms in total. The minimum absolute atomic E-state index is 0.215. The molecule has 1 aromatic rings. The van der Waals surface area contributed by atoms with Crippen LogP contribution in [-0.4, -0.2) is 21.6 Å². The van der Waals surface area contributed by atoms with Crippen LogP contribution in [-0.2, 0) is 12.3 Å². The van der Waals surface area contributed by atoms with Crippen LogP contribution in [0.25, 0.3) is 0 Å². The molecule has 8 fully saturated rings. The molecule has 8 aliphatic carbocycles. The summed E-state index contributed by atoms with van der Waals surface area (Å²) in [7, 11) is -0.777. The summed E-state index contributed by atoms with van der Waals surface area (Å²) in [6.45, 7) is 39.6. The number of fused-ring (bicyclic) bond motifs is 2. The van der Waals surface area contributed by atoms with Gasteiger partial charge in [0.2, 0.25) is 0 Å². The van der Waals surface area contributed by atoms with Crippen molar-refractivity contribution in [3.63, 3.8) is 0 Å². The highest BCUT2D eigenvalue weighted by Gasteiger charge is 2.66. The van der Waals surface area contributed by atoms with Crippen molar-refractivity contribution in [2.45, 2.75) is 199 Å². The van der Waals surface area contributed by atoms with Crippen molar-refractivity contribution in [3.05, 3.63) is 95.5 Å². The Morgan fingerprint density at radius 2 is 1.50 bits per heavy atom. The van der Waals surface area contributed by atoms with Gasteiger partial charge in [-0.1, -0.05) is 152 Å². The van der Waals surface area contributed by atoms with Gasteiger partial charge in [0.1, 0.15) is 0 Å². The van der Waals surface area contributed by atoms with Gasteiger partial charge in [-0.15, -0.1) is 11.5 Å². The monoisotopic (exact) mass is 873 g/mol. The summed E-state index contributed by atoms with van der Waals surface area (Å²) in [6.07, 6.45) is 28.1. The average molecular weight is 873 g/mol. The Balaban J connectivity index is 1.20. The maximum atomic E-state index is 5.31. The third-order valence-electron chi connectivity index (χ3n) is 20.9. The molecule has 0 radical (unpaired) electrons. The van der Waals surface area contributed by atoms with Crippen LogP contribution < -0.4 is 0 Å². The van der Waals surface area contributed by atoms with E-state index in [0.29, 0.717) is 17.0 Å². The molecule has 0 spiro atoms. The molecule has 9 rings (SSSR count). The molecule has 0 N–H and O–H groups in total. The Morgan fingerprint density at radius 3 is 2.16 bits per heavy atom. The predicted octanol–water partition coefficient (Wildman–Crippen LogP) is 18.1. The maximum Gasteiger partial charge on any atom is 0.0189 e. The predicted molar refractivity (Wildman–Crippen MR) is 275 cm³/mol. The SMILES string of the molecule is C=C=C1CC(CCP(Cc2ccccc2CP(C2(C)CC3CCC(CC)C(C3)C2=C)C2(CC)C3CC4CC(C3=C)C(C)C2C4)C2(CC)CCC(CC)CC2=C=C)CC(C)C1CC. The summed E-state index contributed by atoms with van der Waals surface area (Å²) in [6, 6.07) is 10.1. The zero-order valence-electron chi connectivity index (χ0n) is 41.3. The molecule has 6 bridgehead atoms. The van der Waals surface area contributed by atoms with Crippen molar-refractivity contribution in [1.29, 1.82) is 0 Å². The molecule has 8 saturated carbocycles. The van der Waals surface area contributed by atoms with Gasteiger partial charge in [-0.25, -0.2) is 0 Å². The molecule has 340 valence electrons. The van der Waals surface area contributed by atoms with Crippen molar-refractivity contribution < 1.29 is 0 Å². The fraction of sp³-hybridized carbons (Fsp3) is 0.733. The first-order valence-corrected chi connectivity index (χ1v) is 29.8. The van der Waals surface area contributed by atoms with E-state index in [9.17, 15) is 0 Å². The first kappa shape index (κ1) is 47.1. The van der Waals surface area contributed by atoms with Crippen molar-refractivity contribution in [2.24, 2.45) is 71.0 Å². The quantitative estimate of drug-likeness (QED) is 0.0936. The number of hydrogen-bond donors (Lipinski definition) is 0. The fourth-order valence-corrected chi connectivity index (χ4v) is 26.2. The van der Waals surface area contributed by atoms with Crippen molar-refractivity contribution in [3.8, 4) is 0 Å². The molecule has 0 amide bonds. The highest BCUT2D eigenvalue weighted by Crippen LogP contribution is 2.81. The van der Waals surface area contributed by atoms with Gasteiger partial charge in [-0.2, -0.15) is 0 Å². The van der Waals surface area contributed by atoms with Crippen LogP contribution in [0.1, 0.15) is 182 Å². The van der Waals surface area contributed by atoms with E-state index in [0.717, 1.165) is 59.2 Å². The van der Waals surface area contributed by atoms with Gasteiger partial charge in [-0.05, 0) is 208 Å². The zero-order valence-corrected chi connectivity index (χ0v) is 43.1. The Morgan fingerprint density at radius 1 is 0.758 bits per heavy atom. The van der Waals surface area contributed by atoms with E-state index in [1.165, 1.54) is 140 Å². The summed E-state index contributed by atoms with van der Waals surface area (Å²) < 4.78 is 0. The Bertz CT molecular complexity index is 1910. The average Bonchev–Trinajstić information content (AvgIpc) is 3.29. The summed E-state index contributed by atoms with van der Waals surface area (Å²) in [4.78, 5) is 0. The lowest BCUT2D eigenvalue weighted by molar-refractivity contribution is -0.0217. The highest BCUT2D eigenvalue weighted by atomic mass is 31.1. The minimum atomic E-state index is -0.438. The van der Waals surface area contributed by atoms with Crippen LogP contribution >= 0.6 is 15.8 Å². The third kappa shape index (κ3) is 7.93.